The van der Waals surface area contributed by atoms with Gasteiger partial charge in [-0.15, -0.1) is 0 Å². The van der Waals surface area contributed by atoms with Gasteiger partial charge in [0.25, 0.3) is 5.91 Å². The molecule has 5 nitrogen and oxygen atoms in total. The molecule has 5 heteroatoms. The van der Waals surface area contributed by atoms with E-state index in [0.29, 0.717) is 17.2 Å². The molecule has 1 aromatic carbocycles. The molecule has 1 aliphatic carbocycles. The minimum atomic E-state index is 0.0195. The predicted molar refractivity (Wildman–Crippen MR) is 136 cm³/mol. The van der Waals surface area contributed by atoms with Crippen LogP contribution in [0, 0.1) is 0 Å². The Kier molecular flexibility index (Phi) is 12.7. The van der Waals surface area contributed by atoms with Crippen LogP contribution in [-0.2, 0) is 4.74 Å². The summed E-state index contributed by atoms with van der Waals surface area (Å²) in [5.41, 5.74) is 1.29. The second-order valence-corrected chi connectivity index (χ2v) is 9.78. The zero-order valence-corrected chi connectivity index (χ0v) is 21.5. The lowest BCUT2D eigenvalue weighted by Crippen LogP contribution is -2.40. The van der Waals surface area contributed by atoms with Crippen LogP contribution < -0.4 is 0 Å². The van der Waals surface area contributed by atoms with Gasteiger partial charge in [0.1, 0.15) is 0 Å². The molecule has 1 fully saturated rings. The first-order chi connectivity index (χ1) is 15.9. The van der Waals surface area contributed by atoms with E-state index in [9.17, 15) is 9.59 Å². The van der Waals surface area contributed by atoms with Crippen molar-refractivity contribution in [2.75, 3.05) is 33.8 Å². The zero-order chi connectivity index (χ0) is 24.1. The summed E-state index contributed by atoms with van der Waals surface area (Å²) in [4.78, 5) is 28.6. The van der Waals surface area contributed by atoms with Crippen molar-refractivity contribution < 1.29 is 14.3 Å². The maximum absolute atomic E-state index is 12.8. The van der Waals surface area contributed by atoms with Crippen LogP contribution in [0.4, 0.5) is 0 Å². The lowest BCUT2D eigenvalue weighted by Gasteiger charge is -2.34. The number of Topliss-reactive ketones (excluding diaryl/α,β-unsaturated/α-hetero) is 1. The molecule has 0 heterocycles. The number of rotatable bonds is 15. The number of carbonyl (C=O) groups is 2. The van der Waals surface area contributed by atoms with Crippen molar-refractivity contribution in [2.45, 2.75) is 96.6 Å². The number of ether oxygens (including phenoxy) is 1. The van der Waals surface area contributed by atoms with Crippen LogP contribution in [0.2, 0.25) is 0 Å². The molecule has 2 rings (SSSR count). The van der Waals surface area contributed by atoms with Gasteiger partial charge in [-0.3, -0.25) is 9.59 Å². The van der Waals surface area contributed by atoms with Gasteiger partial charge >= 0.3 is 0 Å². The number of benzene rings is 1. The minimum Gasteiger partial charge on any atom is -0.378 e. The molecule has 0 atom stereocenters. The predicted octanol–water partition coefficient (Wildman–Crippen LogP) is 5.97. The molecule has 0 radical (unpaired) electrons. The van der Waals surface area contributed by atoms with Crippen molar-refractivity contribution in [2.24, 2.45) is 0 Å². The smallest absolute Gasteiger partial charge is 0.253 e. The van der Waals surface area contributed by atoms with E-state index >= 15 is 0 Å². The van der Waals surface area contributed by atoms with Crippen molar-refractivity contribution in [1.82, 2.24) is 9.80 Å². The fourth-order valence-electron chi connectivity index (χ4n) is 4.65. The third-order valence-electron chi connectivity index (χ3n) is 6.98. The molecular weight excluding hydrogens is 412 g/mol. The van der Waals surface area contributed by atoms with Crippen molar-refractivity contribution in [3.63, 3.8) is 0 Å². The number of ketones is 1. The van der Waals surface area contributed by atoms with Gasteiger partial charge in [0.15, 0.2) is 5.78 Å². The summed E-state index contributed by atoms with van der Waals surface area (Å²) >= 11 is 0. The first kappa shape index (κ1) is 27.5. The molecule has 0 N–H and O–H groups in total. The Hall–Kier alpha value is -1.72. The van der Waals surface area contributed by atoms with Gasteiger partial charge in [-0.2, -0.15) is 0 Å². The first-order valence-corrected chi connectivity index (χ1v) is 13.1. The Morgan fingerprint density at radius 1 is 0.848 bits per heavy atom. The number of nitrogens with zero attached hydrogens (tertiary/aromatic N) is 2. The second-order valence-electron chi connectivity index (χ2n) is 9.78. The van der Waals surface area contributed by atoms with E-state index < -0.39 is 0 Å². The van der Waals surface area contributed by atoms with Gasteiger partial charge in [-0.1, -0.05) is 44.7 Å². The molecule has 1 amide bonds. The standard InChI is InChI=1S/C28H46N2O3/c1-5-6-9-20-29(3)21-10-7-8-11-22-33-27-18-16-26(17-19-27)30(4)28(32)25-14-12-24(13-15-25)23(2)31/h12-15,26-27H,5-11,16-22H2,1-4H3. The van der Waals surface area contributed by atoms with Crippen molar-refractivity contribution >= 4 is 11.7 Å². The van der Waals surface area contributed by atoms with E-state index in [1.807, 2.05) is 11.9 Å². The minimum absolute atomic E-state index is 0.0195. The summed E-state index contributed by atoms with van der Waals surface area (Å²) in [6, 6.07) is 7.25. The van der Waals surface area contributed by atoms with Gasteiger partial charge < -0.3 is 14.5 Å². The molecule has 1 saturated carbocycles. The highest BCUT2D eigenvalue weighted by Gasteiger charge is 2.27. The highest BCUT2D eigenvalue weighted by atomic mass is 16.5. The van der Waals surface area contributed by atoms with E-state index in [2.05, 4.69) is 18.9 Å². The molecule has 0 saturated heterocycles. The Balaban J connectivity index is 1.56. The van der Waals surface area contributed by atoms with Gasteiger partial charge in [-0.05, 0) is 84.1 Å². The van der Waals surface area contributed by atoms with Gasteiger partial charge in [-0.25, -0.2) is 0 Å². The van der Waals surface area contributed by atoms with Crippen LogP contribution in [-0.4, -0.2) is 67.4 Å². The Labute approximate surface area is 201 Å². The Bertz CT molecular complexity index is 696. The van der Waals surface area contributed by atoms with E-state index in [1.54, 1.807) is 31.2 Å². The van der Waals surface area contributed by atoms with Crippen molar-refractivity contribution in [3.8, 4) is 0 Å². The lowest BCUT2D eigenvalue weighted by molar-refractivity contribution is 0.00907. The van der Waals surface area contributed by atoms with Crippen LogP contribution in [0.1, 0.15) is 105 Å². The fraction of sp³-hybridized carbons (Fsp3) is 0.714. The number of amides is 1. The SMILES string of the molecule is CCCCCN(C)CCCCCCOC1CCC(N(C)C(=O)c2ccc(C(C)=O)cc2)CC1. The van der Waals surface area contributed by atoms with Crippen LogP contribution >= 0.6 is 0 Å². The molecule has 186 valence electrons. The van der Waals surface area contributed by atoms with E-state index in [0.717, 1.165) is 38.7 Å². The Morgan fingerprint density at radius 2 is 1.42 bits per heavy atom. The molecular formula is C28H46N2O3. The highest BCUT2D eigenvalue weighted by Crippen LogP contribution is 2.26. The van der Waals surface area contributed by atoms with Crippen molar-refractivity contribution in [3.05, 3.63) is 35.4 Å². The van der Waals surface area contributed by atoms with Crippen LogP contribution in [0.5, 0.6) is 0 Å². The maximum atomic E-state index is 12.8. The summed E-state index contributed by atoms with van der Waals surface area (Å²) in [6.07, 6.45) is 13.3. The quantitative estimate of drug-likeness (QED) is 0.240. The average Bonchev–Trinajstić information content (AvgIpc) is 2.83. The number of unbranched alkanes of at least 4 members (excludes halogenated alkanes) is 5. The molecule has 1 aromatic rings. The largest absolute Gasteiger partial charge is 0.378 e. The van der Waals surface area contributed by atoms with Crippen LogP contribution in [0.3, 0.4) is 0 Å². The number of carbonyl (C=O) groups excluding carboxylic acids is 2. The van der Waals surface area contributed by atoms with E-state index in [-0.39, 0.29) is 17.7 Å². The van der Waals surface area contributed by atoms with Crippen molar-refractivity contribution in [1.29, 1.82) is 0 Å². The highest BCUT2D eigenvalue weighted by molar-refractivity contribution is 5.97. The van der Waals surface area contributed by atoms with E-state index in [1.165, 1.54) is 51.6 Å². The third kappa shape index (κ3) is 9.97. The monoisotopic (exact) mass is 458 g/mol. The van der Waals surface area contributed by atoms with Crippen LogP contribution in [0.15, 0.2) is 24.3 Å². The van der Waals surface area contributed by atoms with Gasteiger partial charge in [0, 0.05) is 30.8 Å². The normalized spacial score (nSPS) is 18.5. The van der Waals surface area contributed by atoms with Crippen LogP contribution in [0.25, 0.3) is 0 Å². The molecule has 0 bridgehead atoms. The summed E-state index contributed by atoms with van der Waals surface area (Å²) < 4.78 is 6.14. The fourth-order valence-corrected chi connectivity index (χ4v) is 4.65. The summed E-state index contributed by atoms with van der Waals surface area (Å²) in [7, 11) is 4.14. The topological polar surface area (TPSA) is 49.9 Å². The molecule has 0 aliphatic heterocycles. The summed E-state index contributed by atoms with van der Waals surface area (Å²) in [5, 5.41) is 0. The molecule has 0 unspecified atom stereocenters. The van der Waals surface area contributed by atoms with E-state index in [4.69, 9.17) is 4.74 Å². The molecule has 0 spiro atoms. The zero-order valence-electron chi connectivity index (χ0n) is 21.5. The second kappa shape index (κ2) is 15.2. The number of hydrogen-bond donors (Lipinski definition) is 0. The summed E-state index contributed by atoms with van der Waals surface area (Å²) in [5.74, 6) is 0.0524. The first-order valence-electron chi connectivity index (χ1n) is 13.1. The maximum Gasteiger partial charge on any atom is 0.253 e. The van der Waals surface area contributed by atoms with Gasteiger partial charge in [0.05, 0.1) is 6.10 Å². The average molecular weight is 459 g/mol. The molecule has 33 heavy (non-hydrogen) atoms. The molecule has 1 aliphatic rings. The molecule has 0 aromatic heterocycles. The van der Waals surface area contributed by atoms with Gasteiger partial charge in [0.2, 0.25) is 0 Å². The lowest BCUT2D eigenvalue weighted by atomic mass is 9.91. The third-order valence-corrected chi connectivity index (χ3v) is 6.98. The summed E-state index contributed by atoms with van der Waals surface area (Å²) in [6.45, 7) is 7.10. The number of hydrogen-bond acceptors (Lipinski definition) is 4. The Morgan fingerprint density at radius 3 is 2.03 bits per heavy atom.